The maximum Gasteiger partial charge on any atom is 0.101 e. The minimum atomic E-state index is 0.721. The van der Waals surface area contributed by atoms with Gasteiger partial charge in [0.15, 0.2) is 0 Å². The van der Waals surface area contributed by atoms with E-state index in [1.54, 1.807) is 0 Å². The standard InChI is InChI=1S/C11H14N2S/c1-12-10(8-11(14)13-2)9-6-4-3-5-7-9/h3-8,12H,1-2H3,(H,13,14)/b10-8-. The molecule has 0 bridgehead atoms. The summed E-state index contributed by atoms with van der Waals surface area (Å²) in [7, 11) is 3.70. The second kappa shape index (κ2) is 5.40. The summed E-state index contributed by atoms with van der Waals surface area (Å²) >= 11 is 5.07. The molecule has 2 nitrogen and oxygen atoms in total. The highest BCUT2D eigenvalue weighted by Gasteiger charge is 1.98. The van der Waals surface area contributed by atoms with Crippen molar-refractivity contribution in [1.82, 2.24) is 10.6 Å². The smallest absolute Gasteiger partial charge is 0.101 e. The topological polar surface area (TPSA) is 24.1 Å². The van der Waals surface area contributed by atoms with Crippen LogP contribution in [0.25, 0.3) is 5.70 Å². The van der Waals surface area contributed by atoms with E-state index >= 15 is 0 Å². The van der Waals surface area contributed by atoms with E-state index in [2.05, 4.69) is 10.6 Å². The number of likely N-dealkylation sites (N-methyl/N-ethyl adjacent to an activating group) is 1. The van der Waals surface area contributed by atoms with Crippen LogP contribution in [-0.2, 0) is 0 Å². The molecule has 0 unspecified atom stereocenters. The molecular formula is C11H14N2S. The first-order valence-corrected chi connectivity index (χ1v) is 4.85. The van der Waals surface area contributed by atoms with Gasteiger partial charge in [0.05, 0.1) is 0 Å². The lowest BCUT2D eigenvalue weighted by atomic mass is 10.1. The molecule has 0 fully saturated rings. The molecule has 0 heterocycles. The van der Waals surface area contributed by atoms with E-state index in [1.807, 2.05) is 50.5 Å². The summed E-state index contributed by atoms with van der Waals surface area (Å²) in [6, 6.07) is 10.1. The minimum absolute atomic E-state index is 0.721. The Labute approximate surface area is 90.0 Å². The van der Waals surface area contributed by atoms with E-state index < -0.39 is 0 Å². The van der Waals surface area contributed by atoms with Crippen molar-refractivity contribution >= 4 is 22.9 Å². The summed E-state index contributed by atoms with van der Waals surface area (Å²) in [5.74, 6) is 0. The molecular weight excluding hydrogens is 192 g/mol. The van der Waals surface area contributed by atoms with Crippen molar-refractivity contribution in [1.29, 1.82) is 0 Å². The number of rotatable bonds is 3. The number of nitrogens with one attached hydrogen (secondary N) is 2. The Balaban J connectivity index is 2.93. The third-order valence-electron chi connectivity index (χ3n) is 1.88. The van der Waals surface area contributed by atoms with Crippen LogP contribution >= 0.6 is 12.2 Å². The summed E-state index contributed by atoms with van der Waals surface area (Å²) in [6.07, 6.45) is 1.91. The van der Waals surface area contributed by atoms with Crippen LogP contribution in [0.5, 0.6) is 0 Å². The fourth-order valence-corrected chi connectivity index (χ4v) is 1.24. The van der Waals surface area contributed by atoms with Crippen LogP contribution in [0.4, 0.5) is 0 Å². The number of hydrogen-bond acceptors (Lipinski definition) is 2. The Kier molecular flexibility index (Phi) is 4.13. The van der Waals surface area contributed by atoms with Crippen molar-refractivity contribution in [2.75, 3.05) is 14.1 Å². The van der Waals surface area contributed by atoms with Crippen LogP contribution in [0, 0.1) is 0 Å². The quantitative estimate of drug-likeness (QED) is 0.582. The summed E-state index contributed by atoms with van der Waals surface area (Å²) < 4.78 is 0. The van der Waals surface area contributed by atoms with Gasteiger partial charge in [0.1, 0.15) is 4.99 Å². The summed E-state index contributed by atoms with van der Waals surface area (Å²) in [6.45, 7) is 0. The second-order valence-electron chi connectivity index (χ2n) is 2.79. The Bertz CT molecular complexity index is 330. The number of hydrogen-bond donors (Lipinski definition) is 2. The first-order valence-electron chi connectivity index (χ1n) is 4.44. The highest BCUT2D eigenvalue weighted by Crippen LogP contribution is 2.09. The van der Waals surface area contributed by atoms with Crippen molar-refractivity contribution in [3.8, 4) is 0 Å². The Morgan fingerprint density at radius 1 is 1.14 bits per heavy atom. The van der Waals surface area contributed by atoms with Crippen LogP contribution in [0.1, 0.15) is 5.56 Å². The van der Waals surface area contributed by atoms with Crippen LogP contribution in [0.2, 0.25) is 0 Å². The molecule has 1 aromatic carbocycles. The van der Waals surface area contributed by atoms with Crippen LogP contribution < -0.4 is 10.6 Å². The van der Waals surface area contributed by atoms with Gasteiger partial charge in [-0.25, -0.2) is 0 Å². The van der Waals surface area contributed by atoms with Crippen LogP contribution in [0.3, 0.4) is 0 Å². The van der Waals surface area contributed by atoms with Gasteiger partial charge in [0.25, 0.3) is 0 Å². The fourth-order valence-electron chi connectivity index (χ4n) is 1.12. The van der Waals surface area contributed by atoms with Gasteiger partial charge in [-0.1, -0.05) is 42.5 Å². The summed E-state index contributed by atoms with van der Waals surface area (Å²) in [5, 5.41) is 6.03. The average molecular weight is 206 g/mol. The van der Waals surface area contributed by atoms with Gasteiger partial charge in [-0.3, -0.25) is 0 Å². The van der Waals surface area contributed by atoms with Gasteiger partial charge in [0, 0.05) is 19.8 Å². The predicted octanol–water partition coefficient (Wildman–Crippen LogP) is 1.79. The molecule has 0 aliphatic carbocycles. The van der Waals surface area contributed by atoms with E-state index in [4.69, 9.17) is 12.2 Å². The van der Waals surface area contributed by atoms with Crippen molar-refractivity contribution < 1.29 is 0 Å². The molecule has 0 aliphatic rings. The van der Waals surface area contributed by atoms with Crippen molar-refractivity contribution in [2.45, 2.75) is 0 Å². The molecule has 0 aromatic heterocycles. The van der Waals surface area contributed by atoms with E-state index in [-0.39, 0.29) is 0 Å². The zero-order valence-electron chi connectivity index (χ0n) is 8.37. The monoisotopic (exact) mass is 206 g/mol. The van der Waals surface area contributed by atoms with Gasteiger partial charge >= 0.3 is 0 Å². The minimum Gasteiger partial charge on any atom is -0.388 e. The molecule has 1 aromatic rings. The SMILES string of the molecule is CNC(=S)/C=C(\NC)c1ccccc1. The molecule has 14 heavy (non-hydrogen) atoms. The van der Waals surface area contributed by atoms with Gasteiger partial charge < -0.3 is 10.6 Å². The van der Waals surface area contributed by atoms with Crippen molar-refractivity contribution in [3.05, 3.63) is 42.0 Å². The van der Waals surface area contributed by atoms with E-state index in [0.717, 1.165) is 16.2 Å². The highest BCUT2D eigenvalue weighted by molar-refractivity contribution is 7.80. The predicted molar refractivity (Wildman–Crippen MR) is 65.1 cm³/mol. The molecule has 0 spiro atoms. The Hall–Kier alpha value is -1.35. The third kappa shape index (κ3) is 2.85. The van der Waals surface area contributed by atoms with Gasteiger partial charge in [-0.2, -0.15) is 0 Å². The van der Waals surface area contributed by atoms with E-state index in [9.17, 15) is 0 Å². The van der Waals surface area contributed by atoms with E-state index in [0.29, 0.717) is 0 Å². The lowest BCUT2D eigenvalue weighted by Gasteiger charge is -2.07. The largest absolute Gasteiger partial charge is 0.388 e. The lowest BCUT2D eigenvalue weighted by molar-refractivity contribution is 1.12. The molecule has 3 heteroatoms. The normalized spacial score (nSPS) is 10.9. The molecule has 0 atom stereocenters. The zero-order valence-corrected chi connectivity index (χ0v) is 9.19. The zero-order chi connectivity index (χ0) is 10.4. The molecule has 0 saturated heterocycles. The van der Waals surface area contributed by atoms with Crippen LogP contribution in [0.15, 0.2) is 36.4 Å². The fraction of sp³-hybridized carbons (Fsp3) is 0.182. The average Bonchev–Trinajstić information content (AvgIpc) is 2.26. The molecule has 0 aliphatic heterocycles. The molecule has 2 N–H and O–H groups in total. The molecule has 74 valence electrons. The number of benzene rings is 1. The molecule has 0 saturated carbocycles. The van der Waals surface area contributed by atoms with E-state index in [1.165, 1.54) is 0 Å². The van der Waals surface area contributed by atoms with Gasteiger partial charge in [0.2, 0.25) is 0 Å². The second-order valence-corrected chi connectivity index (χ2v) is 3.23. The Morgan fingerprint density at radius 2 is 1.79 bits per heavy atom. The molecule has 1 rings (SSSR count). The first-order chi connectivity index (χ1) is 6.77. The highest BCUT2D eigenvalue weighted by atomic mass is 32.1. The van der Waals surface area contributed by atoms with Crippen LogP contribution in [-0.4, -0.2) is 19.1 Å². The summed E-state index contributed by atoms with van der Waals surface area (Å²) in [5.41, 5.74) is 2.15. The molecule has 0 radical (unpaired) electrons. The molecule has 0 amide bonds. The first kappa shape index (κ1) is 10.7. The van der Waals surface area contributed by atoms with Gasteiger partial charge in [-0.05, 0) is 11.6 Å². The van der Waals surface area contributed by atoms with Gasteiger partial charge in [-0.15, -0.1) is 0 Å². The maximum absolute atomic E-state index is 5.07. The van der Waals surface area contributed by atoms with Crippen molar-refractivity contribution in [3.63, 3.8) is 0 Å². The Morgan fingerprint density at radius 3 is 2.29 bits per heavy atom. The lowest BCUT2D eigenvalue weighted by Crippen LogP contribution is -2.15. The third-order valence-corrected chi connectivity index (χ3v) is 2.20. The number of thiocarbonyl (C=S) groups is 1. The summed E-state index contributed by atoms with van der Waals surface area (Å²) in [4.78, 5) is 0.721. The maximum atomic E-state index is 5.07. The van der Waals surface area contributed by atoms with Crippen molar-refractivity contribution in [2.24, 2.45) is 0 Å².